The Bertz CT molecular complexity index is 1140. The molecule has 3 aromatic rings. The van der Waals surface area contributed by atoms with Crippen molar-refractivity contribution in [3.63, 3.8) is 0 Å². The molecule has 0 spiro atoms. The van der Waals surface area contributed by atoms with E-state index in [0.29, 0.717) is 13.0 Å². The van der Waals surface area contributed by atoms with Crippen molar-refractivity contribution in [3.8, 4) is 10.6 Å². The molecule has 30 heavy (non-hydrogen) atoms. The molecule has 2 aromatic heterocycles. The zero-order valence-corrected chi connectivity index (χ0v) is 17.2. The lowest BCUT2D eigenvalue weighted by atomic mass is 10.1. The Morgan fingerprint density at radius 3 is 2.57 bits per heavy atom. The van der Waals surface area contributed by atoms with Gasteiger partial charge in [0.15, 0.2) is 0 Å². The van der Waals surface area contributed by atoms with E-state index in [1.165, 1.54) is 12.1 Å². The molecule has 160 valence electrons. The highest BCUT2D eigenvalue weighted by Gasteiger charge is 2.41. The number of rotatable bonds is 7. The Kier molecular flexibility index (Phi) is 5.47. The van der Waals surface area contributed by atoms with E-state index in [-0.39, 0.29) is 26.7 Å². The lowest BCUT2D eigenvalue weighted by Gasteiger charge is -2.05. The molecule has 11 heteroatoms. The number of nitrogens with two attached hydrogens (primary N) is 1. The number of halogens is 3. The third kappa shape index (κ3) is 4.43. The van der Waals surface area contributed by atoms with Crippen LogP contribution >= 0.6 is 11.3 Å². The van der Waals surface area contributed by atoms with Crippen LogP contribution in [-0.2, 0) is 22.6 Å². The van der Waals surface area contributed by atoms with Crippen molar-refractivity contribution in [2.24, 2.45) is 5.73 Å². The van der Waals surface area contributed by atoms with Crippen LogP contribution in [-0.4, -0.2) is 26.2 Å². The molecule has 0 aliphatic heterocycles. The van der Waals surface area contributed by atoms with Gasteiger partial charge < -0.3 is 10.3 Å². The van der Waals surface area contributed by atoms with Gasteiger partial charge in [-0.2, -0.15) is 13.2 Å². The van der Waals surface area contributed by atoms with Gasteiger partial charge in [0.25, 0.3) is 0 Å². The maximum atomic E-state index is 12.7. The zero-order chi connectivity index (χ0) is 21.5. The fourth-order valence-corrected chi connectivity index (χ4v) is 5.74. The van der Waals surface area contributed by atoms with Gasteiger partial charge in [-0.15, -0.1) is 11.3 Å². The van der Waals surface area contributed by atoms with Crippen LogP contribution in [0.5, 0.6) is 0 Å². The highest BCUT2D eigenvalue weighted by molar-refractivity contribution is 7.91. The molecule has 1 aliphatic carbocycles. The van der Waals surface area contributed by atoms with Crippen LogP contribution < -0.4 is 10.5 Å². The number of nitrogens with zero attached hydrogens (tertiary/aromatic N) is 1. The first-order chi connectivity index (χ1) is 14.2. The van der Waals surface area contributed by atoms with Gasteiger partial charge in [-0.1, -0.05) is 29.4 Å². The molecular formula is C19H18F3N3O3S2. The standard InChI is InChI=1S/C19H18F3N3O3S2/c20-19(21,22)17-10-15(24-28-17)16-5-6-18(29-16)30(26,27)25-14-9-13(14)12-3-1-11(2-4-12)7-8-23/h1-6,10,13-14,25H,7-9,23H2/t13-,14+/m1/s1. The van der Waals surface area contributed by atoms with Gasteiger partial charge in [0.2, 0.25) is 15.8 Å². The maximum absolute atomic E-state index is 12.7. The summed E-state index contributed by atoms with van der Waals surface area (Å²) in [6.45, 7) is 0.569. The predicted octanol–water partition coefficient (Wildman–Crippen LogP) is 3.76. The third-order valence-corrected chi connectivity index (χ3v) is 7.92. The SMILES string of the molecule is NCCc1ccc([C@H]2C[C@@H]2NS(=O)(=O)c2ccc(-c3cc(C(F)(F)F)on3)s2)cc1. The molecule has 4 rings (SSSR count). The summed E-state index contributed by atoms with van der Waals surface area (Å²) in [6, 6.07) is 11.2. The van der Waals surface area contributed by atoms with Crippen LogP contribution in [0.3, 0.4) is 0 Å². The maximum Gasteiger partial charge on any atom is 0.452 e. The van der Waals surface area contributed by atoms with Crippen molar-refractivity contribution >= 4 is 21.4 Å². The number of nitrogens with one attached hydrogen (secondary N) is 1. The molecule has 6 nitrogen and oxygen atoms in total. The summed E-state index contributed by atoms with van der Waals surface area (Å²) < 4.78 is 70.3. The van der Waals surface area contributed by atoms with E-state index in [1.54, 1.807) is 0 Å². The topological polar surface area (TPSA) is 98.2 Å². The predicted molar refractivity (Wildman–Crippen MR) is 105 cm³/mol. The molecule has 2 heterocycles. The van der Waals surface area contributed by atoms with Gasteiger partial charge in [-0.3, -0.25) is 0 Å². The number of aromatic nitrogens is 1. The molecule has 1 aliphatic rings. The summed E-state index contributed by atoms with van der Waals surface area (Å²) >= 11 is 0.839. The first-order valence-electron chi connectivity index (χ1n) is 9.13. The summed E-state index contributed by atoms with van der Waals surface area (Å²) in [5.41, 5.74) is 7.67. The Morgan fingerprint density at radius 1 is 1.20 bits per heavy atom. The van der Waals surface area contributed by atoms with Crippen molar-refractivity contribution in [1.29, 1.82) is 0 Å². The first-order valence-corrected chi connectivity index (χ1v) is 11.4. The summed E-state index contributed by atoms with van der Waals surface area (Å²) in [4.78, 5) is 0.275. The van der Waals surface area contributed by atoms with Crippen molar-refractivity contribution in [3.05, 3.63) is 59.4 Å². The molecule has 0 radical (unpaired) electrons. The summed E-state index contributed by atoms with van der Waals surface area (Å²) in [5, 5.41) is 3.39. The number of hydrogen-bond donors (Lipinski definition) is 2. The second-order valence-electron chi connectivity index (χ2n) is 7.04. The Hall–Kier alpha value is -2.21. The highest BCUT2D eigenvalue weighted by atomic mass is 32.2. The van der Waals surface area contributed by atoms with Crippen LogP contribution in [0, 0.1) is 0 Å². The molecule has 3 N–H and O–H groups in total. The van der Waals surface area contributed by atoms with Crippen LogP contribution in [0.1, 0.15) is 29.2 Å². The first kappa shape index (κ1) is 21.0. The fourth-order valence-electron chi connectivity index (χ4n) is 3.18. The monoisotopic (exact) mass is 457 g/mol. The van der Waals surface area contributed by atoms with E-state index in [4.69, 9.17) is 5.73 Å². The molecule has 2 atom stereocenters. The van der Waals surface area contributed by atoms with E-state index >= 15 is 0 Å². The van der Waals surface area contributed by atoms with Crippen LogP contribution in [0.2, 0.25) is 0 Å². The Morgan fingerprint density at radius 2 is 1.93 bits per heavy atom. The van der Waals surface area contributed by atoms with E-state index in [9.17, 15) is 21.6 Å². The molecular weight excluding hydrogens is 439 g/mol. The molecule has 0 amide bonds. The number of benzene rings is 1. The van der Waals surface area contributed by atoms with Crippen LogP contribution in [0.15, 0.2) is 51.2 Å². The number of alkyl halides is 3. The smallest absolute Gasteiger partial charge is 0.351 e. The molecule has 1 fully saturated rings. The van der Waals surface area contributed by atoms with Crippen molar-refractivity contribution in [1.82, 2.24) is 9.88 Å². The number of thiophene rings is 1. The van der Waals surface area contributed by atoms with Crippen molar-refractivity contribution in [2.75, 3.05) is 6.54 Å². The Balaban J connectivity index is 1.43. The molecule has 0 bridgehead atoms. The minimum absolute atomic E-state index is 0.0120. The summed E-state index contributed by atoms with van der Waals surface area (Å²) in [6.07, 6.45) is -3.17. The van der Waals surface area contributed by atoms with Crippen LogP contribution in [0.25, 0.3) is 10.6 Å². The normalized spacial score (nSPS) is 19.2. The Labute approximate surface area is 174 Å². The second-order valence-corrected chi connectivity index (χ2v) is 10.1. The van der Waals surface area contributed by atoms with Gasteiger partial charge >= 0.3 is 6.18 Å². The molecule has 0 unspecified atom stereocenters. The average molecular weight is 457 g/mol. The lowest BCUT2D eigenvalue weighted by Crippen LogP contribution is -2.26. The quantitative estimate of drug-likeness (QED) is 0.563. The van der Waals surface area contributed by atoms with E-state index < -0.39 is 22.0 Å². The minimum atomic E-state index is -4.65. The summed E-state index contributed by atoms with van der Waals surface area (Å²) in [5.74, 6) is -1.14. The van der Waals surface area contributed by atoms with Gasteiger partial charge in [0.05, 0.1) is 4.88 Å². The van der Waals surface area contributed by atoms with Gasteiger partial charge in [0.1, 0.15) is 9.90 Å². The molecule has 1 saturated carbocycles. The van der Waals surface area contributed by atoms with E-state index in [1.807, 2.05) is 24.3 Å². The van der Waals surface area contributed by atoms with Gasteiger partial charge in [-0.25, -0.2) is 13.1 Å². The number of hydrogen-bond acceptors (Lipinski definition) is 6. The van der Waals surface area contributed by atoms with Crippen molar-refractivity contribution in [2.45, 2.75) is 35.2 Å². The highest BCUT2D eigenvalue weighted by Crippen LogP contribution is 2.42. The van der Waals surface area contributed by atoms with E-state index in [2.05, 4.69) is 14.4 Å². The second kappa shape index (κ2) is 7.80. The largest absolute Gasteiger partial charge is 0.452 e. The van der Waals surface area contributed by atoms with Crippen molar-refractivity contribution < 1.29 is 26.1 Å². The van der Waals surface area contributed by atoms with E-state index in [0.717, 1.165) is 35.0 Å². The fraction of sp³-hybridized carbons (Fsp3) is 0.316. The lowest BCUT2D eigenvalue weighted by molar-refractivity contribution is -0.155. The molecule has 0 saturated heterocycles. The molecule has 1 aromatic carbocycles. The third-order valence-electron chi connectivity index (χ3n) is 4.83. The zero-order valence-electron chi connectivity index (χ0n) is 15.5. The average Bonchev–Trinajstić information content (AvgIpc) is 3.11. The van der Waals surface area contributed by atoms with Crippen LogP contribution in [0.4, 0.5) is 13.2 Å². The van der Waals surface area contributed by atoms with Gasteiger partial charge in [-0.05, 0) is 42.6 Å². The minimum Gasteiger partial charge on any atom is -0.351 e. The summed E-state index contributed by atoms with van der Waals surface area (Å²) in [7, 11) is -3.79. The van der Waals surface area contributed by atoms with Gasteiger partial charge in [0, 0.05) is 18.0 Å². The number of sulfonamides is 1.